The van der Waals surface area contributed by atoms with Crippen molar-refractivity contribution in [3.63, 3.8) is 0 Å². The Kier molecular flexibility index (Phi) is 4.24. The fourth-order valence-corrected chi connectivity index (χ4v) is 3.00. The van der Waals surface area contributed by atoms with E-state index in [1.54, 1.807) is 6.26 Å². The van der Waals surface area contributed by atoms with Gasteiger partial charge >= 0.3 is 0 Å². The lowest BCUT2D eigenvalue weighted by molar-refractivity contribution is 0.0791. The highest BCUT2D eigenvalue weighted by Gasteiger charge is 2.34. The summed E-state index contributed by atoms with van der Waals surface area (Å²) in [5.74, 6) is 1.67. The number of nitrogens with two attached hydrogens (primary N) is 1. The molecule has 2 atom stereocenters. The lowest BCUT2D eigenvalue weighted by Crippen LogP contribution is -2.42. The highest BCUT2D eigenvalue weighted by Crippen LogP contribution is 2.37. The minimum atomic E-state index is 0.392. The number of furan rings is 1. The van der Waals surface area contributed by atoms with Crippen molar-refractivity contribution < 1.29 is 4.42 Å². The lowest BCUT2D eigenvalue weighted by Gasteiger charge is -2.40. The maximum absolute atomic E-state index is 5.94. The molecule has 3 heteroatoms. The summed E-state index contributed by atoms with van der Waals surface area (Å²) in [6.07, 6.45) is 5.48. The van der Waals surface area contributed by atoms with Crippen LogP contribution in [0.1, 0.15) is 43.6 Å². The van der Waals surface area contributed by atoms with E-state index >= 15 is 0 Å². The van der Waals surface area contributed by atoms with Crippen molar-refractivity contribution >= 4 is 0 Å². The molecular weight excluding hydrogens is 212 g/mol. The van der Waals surface area contributed by atoms with Gasteiger partial charge in [0.15, 0.2) is 0 Å². The molecule has 0 saturated carbocycles. The Morgan fingerprint density at radius 3 is 2.94 bits per heavy atom. The second-order valence-corrected chi connectivity index (χ2v) is 5.09. The summed E-state index contributed by atoms with van der Waals surface area (Å²) in [6, 6.07) is 2.45. The van der Waals surface area contributed by atoms with Crippen molar-refractivity contribution in [3.05, 3.63) is 23.7 Å². The van der Waals surface area contributed by atoms with Crippen molar-refractivity contribution in [1.82, 2.24) is 4.90 Å². The molecule has 2 heterocycles. The van der Waals surface area contributed by atoms with Gasteiger partial charge in [0, 0.05) is 0 Å². The zero-order valence-corrected chi connectivity index (χ0v) is 11.0. The molecule has 1 aliphatic heterocycles. The SMILES string of the molecule is CCCN1CCCC(CN)C1c1occc1C. The van der Waals surface area contributed by atoms with Gasteiger partial charge in [-0.2, -0.15) is 0 Å². The molecule has 2 N–H and O–H groups in total. The van der Waals surface area contributed by atoms with E-state index < -0.39 is 0 Å². The van der Waals surface area contributed by atoms with Crippen LogP contribution >= 0.6 is 0 Å². The van der Waals surface area contributed by atoms with E-state index in [-0.39, 0.29) is 0 Å². The van der Waals surface area contributed by atoms with E-state index in [2.05, 4.69) is 24.8 Å². The molecule has 0 spiro atoms. The molecule has 2 unspecified atom stereocenters. The zero-order valence-electron chi connectivity index (χ0n) is 11.0. The molecule has 0 amide bonds. The highest BCUT2D eigenvalue weighted by atomic mass is 16.3. The average molecular weight is 236 g/mol. The van der Waals surface area contributed by atoms with Gasteiger partial charge in [-0.15, -0.1) is 0 Å². The van der Waals surface area contributed by atoms with Crippen molar-refractivity contribution in [1.29, 1.82) is 0 Å². The van der Waals surface area contributed by atoms with Crippen molar-refractivity contribution in [2.24, 2.45) is 11.7 Å². The van der Waals surface area contributed by atoms with E-state index in [1.807, 2.05) is 0 Å². The molecule has 1 aromatic rings. The summed E-state index contributed by atoms with van der Waals surface area (Å²) >= 11 is 0. The minimum Gasteiger partial charge on any atom is -0.467 e. The standard InChI is InChI=1S/C14H24N2O/c1-3-7-16-8-4-5-12(10-15)13(16)14-11(2)6-9-17-14/h6,9,12-13H,3-5,7-8,10,15H2,1-2H3. The first kappa shape index (κ1) is 12.7. The molecule has 17 heavy (non-hydrogen) atoms. The van der Waals surface area contributed by atoms with Crippen LogP contribution in [-0.2, 0) is 0 Å². The monoisotopic (exact) mass is 236 g/mol. The third kappa shape index (κ3) is 2.55. The number of likely N-dealkylation sites (tertiary alicyclic amines) is 1. The molecular formula is C14H24N2O. The second kappa shape index (κ2) is 5.69. The molecule has 0 aliphatic carbocycles. The van der Waals surface area contributed by atoms with E-state index in [1.165, 1.54) is 31.4 Å². The normalized spacial score (nSPS) is 26.3. The molecule has 0 aromatic carbocycles. The Bertz CT molecular complexity index is 346. The fourth-order valence-electron chi connectivity index (χ4n) is 3.00. The first-order valence-corrected chi connectivity index (χ1v) is 6.76. The van der Waals surface area contributed by atoms with Gasteiger partial charge in [0.1, 0.15) is 5.76 Å². The van der Waals surface area contributed by atoms with Crippen LogP contribution in [0.2, 0.25) is 0 Å². The van der Waals surface area contributed by atoms with Crippen LogP contribution in [0.5, 0.6) is 0 Å². The molecule has 1 fully saturated rings. The van der Waals surface area contributed by atoms with E-state index in [4.69, 9.17) is 10.2 Å². The Morgan fingerprint density at radius 2 is 2.35 bits per heavy atom. The Hall–Kier alpha value is -0.800. The predicted octanol–water partition coefficient (Wildman–Crippen LogP) is 2.71. The summed E-state index contributed by atoms with van der Waals surface area (Å²) in [4.78, 5) is 2.55. The molecule has 0 bridgehead atoms. The first-order chi connectivity index (χ1) is 8.27. The van der Waals surface area contributed by atoms with Crippen LogP contribution in [-0.4, -0.2) is 24.5 Å². The van der Waals surface area contributed by atoms with Gasteiger partial charge in [0.05, 0.1) is 12.3 Å². The summed E-state index contributed by atoms with van der Waals surface area (Å²) in [5, 5.41) is 0. The quantitative estimate of drug-likeness (QED) is 0.874. The molecule has 0 radical (unpaired) electrons. The van der Waals surface area contributed by atoms with Gasteiger partial charge in [0.2, 0.25) is 0 Å². The van der Waals surface area contributed by atoms with Crippen LogP contribution in [0.4, 0.5) is 0 Å². The number of hydrogen-bond donors (Lipinski definition) is 1. The molecule has 1 saturated heterocycles. The summed E-state index contributed by atoms with van der Waals surface area (Å²) in [6.45, 7) is 7.44. The topological polar surface area (TPSA) is 42.4 Å². The largest absolute Gasteiger partial charge is 0.467 e. The number of piperidine rings is 1. The second-order valence-electron chi connectivity index (χ2n) is 5.09. The summed E-state index contributed by atoms with van der Waals surface area (Å²) in [5.41, 5.74) is 7.20. The molecule has 1 aromatic heterocycles. The third-order valence-corrected chi connectivity index (χ3v) is 3.84. The number of rotatable bonds is 4. The molecule has 96 valence electrons. The summed E-state index contributed by atoms with van der Waals surface area (Å²) < 4.78 is 5.72. The number of hydrogen-bond acceptors (Lipinski definition) is 3. The summed E-state index contributed by atoms with van der Waals surface area (Å²) in [7, 11) is 0. The first-order valence-electron chi connectivity index (χ1n) is 6.76. The zero-order chi connectivity index (χ0) is 12.3. The van der Waals surface area contributed by atoms with E-state index in [9.17, 15) is 0 Å². The number of nitrogens with zero attached hydrogens (tertiary/aromatic N) is 1. The van der Waals surface area contributed by atoms with Gasteiger partial charge in [-0.3, -0.25) is 4.90 Å². The van der Waals surface area contributed by atoms with Gasteiger partial charge < -0.3 is 10.2 Å². The Balaban J connectivity index is 2.25. The van der Waals surface area contributed by atoms with Crippen LogP contribution in [0.3, 0.4) is 0 Å². The van der Waals surface area contributed by atoms with E-state index in [0.717, 1.165) is 18.8 Å². The van der Waals surface area contributed by atoms with Crippen molar-refractivity contribution in [2.75, 3.05) is 19.6 Å². The van der Waals surface area contributed by atoms with Gasteiger partial charge in [-0.25, -0.2) is 0 Å². The molecule has 3 nitrogen and oxygen atoms in total. The Labute approximate surface area is 104 Å². The van der Waals surface area contributed by atoms with Crippen LogP contribution < -0.4 is 5.73 Å². The molecule has 2 rings (SSSR count). The number of aryl methyl sites for hydroxylation is 1. The highest BCUT2D eigenvalue weighted by molar-refractivity contribution is 5.20. The van der Waals surface area contributed by atoms with Crippen LogP contribution in [0.25, 0.3) is 0 Å². The van der Waals surface area contributed by atoms with Gasteiger partial charge in [-0.1, -0.05) is 6.92 Å². The van der Waals surface area contributed by atoms with Crippen molar-refractivity contribution in [3.8, 4) is 0 Å². The fraction of sp³-hybridized carbons (Fsp3) is 0.714. The Morgan fingerprint density at radius 1 is 1.53 bits per heavy atom. The molecule has 1 aliphatic rings. The maximum Gasteiger partial charge on any atom is 0.124 e. The predicted molar refractivity (Wildman–Crippen MR) is 69.8 cm³/mol. The smallest absolute Gasteiger partial charge is 0.124 e. The minimum absolute atomic E-state index is 0.392. The lowest BCUT2D eigenvalue weighted by atomic mass is 9.86. The van der Waals surface area contributed by atoms with Gasteiger partial charge in [0.25, 0.3) is 0 Å². The maximum atomic E-state index is 5.94. The average Bonchev–Trinajstić information content (AvgIpc) is 2.75. The van der Waals surface area contributed by atoms with Crippen molar-refractivity contribution in [2.45, 2.75) is 39.2 Å². The van der Waals surface area contributed by atoms with Crippen LogP contribution in [0.15, 0.2) is 16.7 Å². The van der Waals surface area contributed by atoms with E-state index in [0.29, 0.717) is 12.0 Å². The third-order valence-electron chi connectivity index (χ3n) is 3.84. The van der Waals surface area contributed by atoms with Gasteiger partial charge in [-0.05, 0) is 63.4 Å². The van der Waals surface area contributed by atoms with Crippen LogP contribution in [0, 0.1) is 12.8 Å².